The summed E-state index contributed by atoms with van der Waals surface area (Å²) in [7, 11) is 1.68. The first kappa shape index (κ1) is 9.44. The van der Waals surface area contributed by atoms with Crippen molar-refractivity contribution in [2.75, 3.05) is 0 Å². The van der Waals surface area contributed by atoms with Gasteiger partial charge in [0.05, 0.1) is 6.20 Å². The Morgan fingerprint density at radius 1 is 1.69 bits per heavy atom. The zero-order valence-corrected chi connectivity index (χ0v) is 7.28. The maximum absolute atomic E-state index is 12.9. The van der Waals surface area contributed by atoms with Crippen LogP contribution in [0.5, 0.6) is 0 Å². The van der Waals surface area contributed by atoms with Gasteiger partial charge in [-0.05, 0) is 6.92 Å². The first-order valence-corrected chi connectivity index (χ1v) is 3.61. The van der Waals surface area contributed by atoms with Crippen molar-refractivity contribution in [2.45, 2.75) is 6.92 Å². The molecule has 0 unspecified atom stereocenters. The molecule has 1 heterocycles. The number of carboxylic acids is 1. The number of hydrogen-bond donors (Lipinski definition) is 1. The van der Waals surface area contributed by atoms with E-state index in [0.29, 0.717) is 5.56 Å². The first-order valence-electron chi connectivity index (χ1n) is 3.61. The summed E-state index contributed by atoms with van der Waals surface area (Å²) in [5.74, 6) is -2.70. The average molecular weight is 184 g/mol. The number of carbonyl (C=O) groups is 1. The molecule has 0 aliphatic heterocycles. The number of hydrogen-bond acceptors (Lipinski definition) is 2. The van der Waals surface area contributed by atoms with Gasteiger partial charge in [-0.25, -0.2) is 4.79 Å². The Bertz CT molecular complexity index is 368. The fraction of sp³-hybridized carbons (Fsp3) is 0.250. The summed E-state index contributed by atoms with van der Waals surface area (Å²) in [4.78, 5) is 10.3. The van der Waals surface area contributed by atoms with Crippen LogP contribution in [0.4, 0.5) is 4.39 Å². The van der Waals surface area contributed by atoms with E-state index in [0.717, 1.165) is 0 Å². The summed E-state index contributed by atoms with van der Waals surface area (Å²) < 4.78 is 14.3. The lowest BCUT2D eigenvalue weighted by Crippen LogP contribution is -1.97. The number of carboxylic acid groups (broad SMARTS) is 1. The number of halogens is 1. The molecule has 1 aromatic rings. The summed E-state index contributed by atoms with van der Waals surface area (Å²) in [6.45, 7) is 1.40. The quantitative estimate of drug-likeness (QED) is 0.703. The lowest BCUT2D eigenvalue weighted by atomic mass is 10.1. The fourth-order valence-corrected chi connectivity index (χ4v) is 0.902. The Kier molecular flexibility index (Phi) is 2.46. The van der Waals surface area contributed by atoms with Crippen LogP contribution in [0.3, 0.4) is 0 Å². The summed E-state index contributed by atoms with van der Waals surface area (Å²) in [6.07, 6.45) is 2.97. The van der Waals surface area contributed by atoms with Crippen molar-refractivity contribution in [1.29, 1.82) is 0 Å². The molecule has 70 valence electrons. The Morgan fingerprint density at radius 2 is 2.31 bits per heavy atom. The molecule has 4 nitrogen and oxygen atoms in total. The molecule has 0 radical (unpaired) electrons. The lowest BCUT2D eigenvalue weighted by molar-refractivity contribution is -0.134. The Morgan fingerprint density at radius 3 is 2.69 bits per heavy atom. The van der Waals surface area contributed by atoms with E-state index in [9.17, 15) is 9.18 Å². The lowest BCUT2D eigenvalue weighted by Gasteiger charge is -1.95. The van der Waals surface area contributed by atoms with Crippen LogP contribution in [-0.4, -0.2) is 20.9 Å². The van der Waals surface area contributed by atoms with Gasteiger partial charge >= 0.3 is 5.97 Å². The minimum absolute atomic E-state index is 0.0839. The molecule has 1 rings (SSSR count). The number of nitrogens with zero attached hydrogens (tertiary/aromatic N) is 2. The second-order valence-electron chi connectivity index (χ2n) is 2.65. The summed E-state index contributed by atoms with van der Waals surface area (Å²) in [6, 6.07) is 0. The van der Waals surface area contributed by atoms with E-state index in [1.165, 1.54) is 17.8 Å². The number of aliphatic carboxylic acids is 1. The Labute approximate surface area is 74.3 Å². The van der Waals surface area contributed by atoms with Crippen LogP contribution < -0.4 is 0 Å². The van der Waals surface area contributed by atoms with Crippen molar-refractivity contribution in [1.82, 2.24) is 9.78 Å². The maximum atomic E-state index is 12.9. The van der Waals surface area contributed by atoms with E-state index in [-0.39, 0.29) is 5.57 Å². The minimum Gasteiger partial charge on any atom is -0.476 e. The first-order chi connectivity index (χ1) is 6.02. The van der Waals surface area contributed by atoms with Gasteiger partial charge in [-0.3, -0.25) is 4.68 Å². The van der Waals surface area contributed by atoms with Crippen molar-refractivity contribution >= 4 is 11.5 Å². The summed E-state index contributed by atoms with van der Waals surface area (Å²) >= 11 is 0. The topological polar surface area (TPSA) is 55.1 Å². The monoisotopic (exact) mass is 184 g/mol. The van der Waals surface area contributed by atoms with Gasteiger partial charge in [0, 0.05) is 24.4 Å². The number of aromatic nitrogens is 2. The predicted molar refractivity (Wildman–Crippen MR) is 44.5 cm³/mol. The number of allylic oxidation sites excluding steroid dienone is 1. The Hall–Kier alpha value is -1.65. The highest BCUT2D eigenvalue weighted by Gasteiger charge is 2.12. The van der Waals surface area contributed by atoms with Crippen LogP contribution in [0.2, 0.25) is 0 Å². The highest BCUT2D eigenvalue weighted by atomic mass is 19.1. The minimum atomic E-state index is -1.55. The molecule has 0 fully saturated rings. The molecule has 0 atom stereocenters. The van der Waals surface area contributed by atoms with Gasteiger partial charge in [-0.2, -0.15) is 9.49 Å². The van der Waals surface area contributed by atoms with Crippen molar-refractivity contribution in [3.8, 4) is 0 Å². The van der Waals surface area contributed by atoms with E-state index >= 15 is 0 Å². The zero-order valence-electron chi connectivity index (χ0n) is 7.28. The van der Waals surface area contributed by atoms with Crippen LogP contribution in [0.15, 0.2) is 18.2 Å². The molecule has 0 bridgehead atoms. The summed E-state index contributed by atoms with van der Waals surface area (Å²) in [5.41, 5.74) is 0.558. The molecule has 0 aliphatic rings. The molecule has 1 N–H and O–H groups in total. The predicted octanol–water partition coefficient (Wildman–Crippen LogP) is 1.21. The normalized spacial score (nSPS) is 12.5. The van der Waals surface area contributed by atoms with Crippen LogP contribution in [0.25, 0.3) is 5.57 Å². The molecule has 0 amide bonds. The number of rotatable bonds is 2. The van der Waals surface area contributed by atoms with Crippen LogP contribution in [0.1, 0.15) is 12.5 Å². The number of aryl methyl sites for hydroxylation is 1. The molecule has 0 saturated carbocycles. The van der Waals surface area contributed by atoms with Crippen molar-refractivity contribution < 1.29 is 14.3 Å². The fourth-order valence-electron chi connectivity index (χ4n) is 0.902. The average Bonchev–Trinajstić information content (AvgIpc) is 2.49. The van der Waals surface area contributed by atoms with Crippen LogP contribution >= 0.6 is 0 Å². The second kappa shape index (κ2) is 3.38. The van der Waals surface area contributed by atoms with Crippen LogP contribution in [-0.2, 0) is 11.8 Å². The third-order valence-electron chi connectivity index (χ3n) is 1.65. The largest absolute Gasteiger partial charge is 0.476 e. The zero-order chi connectivity index (χ0) is 10.0. The molecule has 0 spiro atoms. The van der Waals surface area contributed by atoms with Gasteiger partial charge < -0.3 is 5.11 Å². The molecule has 0 saturated heterocycles. The molecular formula is C8H9FN2O2. The standard InChI is InChI=1S/C8H9FN2O2/c1-5(7(9)8(12)13)6-3-10-11(2)4-6/h3-4H,1-2H3,(H,12,13)/b7-5-. The highest BCUT2D eigenvalue weighted by molar-refractivity contribution is 5.93. The van der Waals surface area contributed by atoms with E-state index in [1.807, 2.05) is 0 Å². The van der Waals surface area contributed by atoms with Gasteiger partial charge in [0.1, 0.15) is 0 Å². The van der Waals surface area contributed by atoms with Crippen molar-refractivity contribution in [3.05, 3.63) is 23.8 Å². The molecule has 13 heavy (non-hydrogen) atoms. The van der Waals surface area contributed by atoms with Gasteiger partial charge in [0.15, 0.2) is 0 Å². The van der Waals surface area contributed by atoms with Crippen LogP contribution in [0, 0.1) is 0 Å². The third-order valence-corrected chi connectivity index (χ3v) is 1.65. The van der Waals surface area contributed by atoms with E-state index in [1.54, 1.807) is 13.2 Å². The van der Waals surface area contributed by atoms with Gasteiger partial charge in [0.2, 0.25) is 5.83 Å². The highest BCUT2D eigenvalue weighted by Crippen LogP contribution is 2.18. The third kappa shape index (κ3) is 1.93. The van der Waals surface area contributed by atoms with Crippen molar-refractivity contribution in [2.24, 2.45) is 7.05 Å². The molecule has 1 aromatic heterocycles. The van der Waals surface area contributed by atoms with Crippen molar-refractivity contribution in [3.63, 3.8) is 0 Å². The molecule has 0 aromatic carbocycles. The summed E-state index contributed by atoms with van der Waals surface area (Å²) in [5, 5.41) is 12.2. The smallest absolute Gasteiger partial charge is 0.365 e. The van der Waals surface area contributed by atoms with Gasteiger partial charge in [0.25, 0.3) is 0 Å². The maximum Gasteiger partial charge on any atom is 0.365 e. The van der Waals surface area contributed by atoms with Gasteiger partial charge in [-0.1, -0.05) is 0 Å². The molecular weight excluding hydrogens is 175 g/mol. The Balaban J connectivity index is 3.09. The SMILES string of the molecule is C/C(=C(/F)C(=O)O)c1cnn(C)c1. The van der Waals surface area contributed by atoms with E-state index in [4.69, 9.17) is 5.11 Å². The van der Waals surface area contributed by atoms with Gasteiger partial charge in [-0.15, -0.1) is 0 Å². The van der Waals surface area contributed by atoms with E-state index < -0.39 is 11.8 Å². The molecule has 0 aliphatic carbocycles. The second-order valence-corrected chi connectivity index (χ2v) is 2.65. The molecule has 5 heteroatoms. The van der Waals surface area contributed by atoms with E-state index in [2.05, 4.69) is 5.10 Å².